The van der Waals surface area contributed by atoms with E-state index in [-0.39, 0.29) is 11.2 Å². The molecule has 0 aromatic carbocycles. The van der Waals surface area contributed by atoms with E-state index in [1.807, 2.05) is 26.8 Å². The molecular formula is C14H20O3. The van der Waals surface area contributed by atoms with Crippen molar-refractivity contribution in [3.63, 3.8) is 0 Å². The Balaban J connectivity index is 2.36. The summed E-state index contributed by atoms with van der Waals surface area (Å²) < 4.78 is 11.8. The van der Waals surface area contributed by atoms with Gasteiger partial charge in [-0.1, -0.05) is 13.8 Å². The number of carbonyl (C=O) groups is 1. The first-order valence-electron chi connectivity index (χ1n) is 5.97. The highest BCUT2D eigenvalue weighted by Crippen LogP contribution is 2.39. The molecule has 0 saturated carbocycles. The van der Waals surface area contributed by atoms with Crippen LogP contribution in [0.2, 0.25) is 0 Å². The van der Waals surface area contributed by atoms with E-state index < -0.39 is 5.79 Å². The summed E-state index contributed by atoms with van der Waals surface area (Å²) in [6.45, 7) is 11.0. The predicted molar refractivity (Wildman–Crippen MR) is 65.6 cm³/mol. The number of hydrogen-bond acceptors (Lipinski definition) is 3. The third kappa shape index (κ3) is 1.98. The Morgan fingerprint density at radius 2 is 1.65 bits per heavy atom. The van der Waals surface area contributed by atoms with E-state index in [1.54, 1.807) is 0 Å². The van der Waals surface area contributed by atoms with Crippen molar-refractivity contribution in [2.45, 2.75) is 40.4 Å². The van der Waals surface area contributed by atoms with Crippen LogP contribution in [0.1, 0.15) is 34.6 Å². The molecule has 94 valence electrons. The number of hydrogen-bond donors (Lipinski definition) is 0. The minimum atomic E-state index is -0.808. The molecule has 0 radical (unpaired) electrons. The van der Waals surface area contributed by atoms with Gasteiger partial charge in [-0.15, -0.1) is 0 Å². The van der Waals surface area contributed by atoms with Crippen LogP contribution in [0.25, 0.3) is 0 Å². The maximum absolute atomic E-state index is 11.9. The van der Waals surface area contributed by atoms with Crippen LogP contribution < -0.4 is 0 Å². The van der Waals surface area contributed by atoms with Crippen LogP contribution >= 0.6 is 0 Å². The summed E-state index contributed by atoms with van der Waals surface area (Å²) in [7, 11) is 0. The predicted octanol–water partition coefficient (Wildman–Crippen LogP) is 2.62. The average Bonchev–Trinajstić information content (AvgIpc) is 2.28. The smallest absolute Gasteiger partial charge is 0.212 e. The highest BCUT2D eigenvalue weighted by Gasteiger charge is 2.44. The molecule has 3 heteroatoms. The minimum Gasteiger partial charge on any atom is -0.342 e. The number of carbonyl (C=O) groups excluding carboxylic acids is 1. The lowest BCUT2D eigenvalue weighted by atomic mass is 9.86. The van der Waals surface area contributed by atoms with Crippen molar-refractivity contribution in [3.8, 4) is 0 Å². The van der Waals surface area contributed by atoms with E-state index in [9.17, 15) is 4.79 Å². The molecule has 0 atom stereocenters. The summed E-state index contributed by atoms with van der Waals surface area (Å²) in [5, 5.41) is 0. The van der Waals surface area contributed by atoms with Crippen LogP contribution in [0.3, 0.4) is 0 Å². The van der Waals surface area contributed by atoms with Crippen molar-refractivity contribution in [1.29, 1.82) is 0 Å². The van der Waals surface area contributed by atoms with Crippen molar-refractivity contribution < 1.29 is 14.3 Å². The van der Waals surface area contributed by atoms with E-state index in [1.165, 1.54) is 0 Å². The van der Waals surface area contributed by atoms with Crippen molar-refractivity contribution in [2.75, 3.05) is 13.2 Å². The zero-order valence-corrected chi connectivity index (χ0v) is 11.2. The van der Waals surface area contributed by atoms with E-state index >= 15 is 0 Å². The Hall–Kier alpha value is -0.930. The monoisotopic (exact) mass is 236 g/mol. The lowest BCUT2D eigenvalue weighted by molar-refractivity contribution is -0.252. The van der Waals surface area contributed by atoms with Crippen LogP contribution in [0, 0.1) is 5.41 Å². The first kappa shape index (κ1) is 12.5. The Kier molecular flexibility index (Phi) is 2.79. The van der Waals surface area contributed by atoms with Gasteiger partial charge < -0.3 is 9.47 Å². The van der Waals surface area contributed by atoms with Crippen LogP contribution in [-0.4, -0.2) is 24.8 Å². The molecule has 1 aliphatic heterocycles. The fraction of sp³-hybridized carbons (Fsp3) is 0.643. The number of ketones is 1. The average molecular weight is 236 g/mol. The van der Waals surface area contributed by atoms with Gasteiger partial charge in [-0.25, -0.2) is 0 Å². The van der Waals surface area contributed by atoms with Gasteiger partial charge in [0.1, 0.15) is 0 Å². The van der Waals surface area contributed by atoms with E-state index in [0.717, 1.165) is 11.1 Å². The van der Waals surface area contributed by atoms with Crippen LogP contribution in [0.15, 0.2) is 22.8 Å². The topological polar surface area (TPSA) is 35.5 Å². The van der Waals surface area contributed by atoms with E-state index in [2.05, 4.69) is 13.8 Å². The molecule has 0 aromatic rings. The van der Waals surface area contributed by atoms with Gasteiger partial charge in [0.2, 0.25) is 5.79 Å². The van der Waals surface area contributed by atoms with Crippen molar-refractivity contribution in [1.82, 2.24) is 0 Å². The summed E-state index contributed by atoms with van der Waals surface area (Å²) >= 11 is 0. The molecule has 0 aromatic heterocycles. The summed E-state index contributed by atoms with van der Waals surface area (Å²) in [4.78, 5) is 11.9. The van der Waals surface area contributed by atoms with Crippen molar-refractivity contribution >= 4 is 5.78 Å². The lowest BCUT2D eigenvalue weighted by Crippen LogP contribution is -2.49. The molecule has 0 bridgehead atoms. The van der Waals surface area contributed by atoms with Gasteiger partial charge in [0.05, 0.1) is 13.2 Å². The quantitative estimate of drug-likeness (QED) is 0.648. The maximum atomic E-state index is 11.9. The van der Waals surface area contributed by atoms with Crippen molar-refractivity contribution in [3.05, 3.63) is 22.8 Å². The molecule has 2 aliphatic rings. The summed E-state index contributed by atoms with van der Waals surface area (Å²) in [6.07, 6.45) is 1.81. The van der Waals surface area contributed by atoms with E-state index in [0.29, 0.717) is 18.8 Å². The Morgan fingerprint density at radius 1 is 1.12 bits per heavy atom. The zero-order chi connectivity index (χ0) is 12.8. The number of Topliss-reactive ketones (excluding diaryl/α,β-unsaturated/α-hetero) is 1. The van der Waals surface area contributed by atoms with Crippen molar-refractivity contribution in [2.24, 2.45) is 5.41 Å². The standard InChI is InChI=1S/C14H20O3/c1-9-6-14(11(3)10(2)12(9)15)16-7-13(4,5)8-17-14/h6H,7-8H2,1-5H3. The second kappa shape index (κ2) is 3.79. The maximum Gasteiger partial charge on any atom is 0.212 e. The molecule has 3 nitrogen and oxygen atoms in total. The molecular weight excluding hydrogens is 216 g/mol. The molecule has 0 amide bonds. The highest BCUT2D eigenvalue weighted by molar-refractivity contribution is 6.09. The molecule has 17 heavy (non-hydrogen) atoms. The Bertz CT molecular complexity index is 417. The minimum absolute atomic E-state index is 0.0304. The molecule has 1 saturated heterocycles. The third-order valence-corrected chi connectivity index (χ3v) is 3.55. The van der Waals surface area contributed by atoms with Crippen LogP contribution in [-0.2, 0) is 14.3 Å². The zero-order valence-electron chi connectivity index (χ0n) is 11.2. The summed E-state index contributed by atoms with van der Waals surface area (Å²) in [5.41, 5.74) is 2.35. The summed E-state index contributed by atoms with van der Waals surface area (Å²) in [5.74, 6) is -0.720. The van der Waals surface area contributed by atoms with Gasteiger partial charge in [-0.2, -0.15) is 0 Å². The Morgan fingerprint density at radius 3 is 2.18 bits per heavy atom. The van der Waals surface area contributed by atoms with Gasteiger partial charge in [0.25, 0.3) is 0 Å². The second-order valence-electron chi connectivity index (χ2n) is 5.82. The number of allylic oxidation sites excluding steroid dienone is 2. The first-order valence-corrected chi connectivity index (χ1v) is 5.97. The molecule has 0 unspecified atom stereocenters. The van der Waals surface area contributed by atoms with Gasteiger partial charge >= 0.3 is 0 Å². The lowest BCUT2D eigenvalue weighted by Gasteiger charge is -2.44. The normalized spacial score (nSPS) is 27.4. The van der Waals surface area contributed by atoms with Gasteiger partial charge in [-0.05, 0) is 38.0 Å². The molecule has 1 fully saturated rings. The molecule has 0 N–H and O–H groups in total. The van der Waals surface area contributed by atoms with Gasteiger partial charge in [0, 0.05) is 11.0 Å². The SMILES string of the molecule is CC1=CC2(OCC(C)(C)CO2)C(C)=C(C)C1=O. The van der Waals surface area contributed by atoms with Crippen LogP contribution in [0.4, 0.5) is 0 Å². The van der Waals surface area contributed by atoms with E-state index in [4.69, 9.17) is 9.47 Å². The molecule has 2 rings (SSSR count). The fourth-order valence-corrected chi connectivity index (χ4v) is 2.17. The molecule has 1 heterocycles. The molecule has 1 aliphatic carbocycles. The first-order chi connectivity index (χ1) is 7.77. The highest BCUT2D eigenvalue weighted by atomic mass is 16.7. The van der Waals surface area contributed by atoms with Gasteiger partial charge in [-0.3, -0.25) is 4.79 Å². The van der Waals surface area contributed by atoms with Gasteiger partial charge in [0.15, 0.2) is 5.78 Å². The number of ether oxygens (including phenoxy) is 2. The fourth-order valence-electron chi connectivity index (χ4n) is 2.17. The third-order valence-electron chi connectivity index (χ3n) is 3.55. The molecule has 1 spiro atoms. The number of rotatable bonds is 0. The van der Waals surface area contributed by atoms with Crippen LogP contribution in [0.5, 0.6) is 0 Å². The second-order valence-corrected chi connectivity index (χ2v) is 5.82. The largest absolute Gasteiger partial charge is 0.342 e. The Labute approximate surface area is 102 Å². The summed E-state index contributed by atoms with van der Waals surface area (Å²) in [6, 6.07) is 0.